The topological polar surface area (TPSA) is 32.7 Å². The van der Waals surface area contributed by atoms with E-state index in [4.69, 9.17) is 4.74 Å². The lowest BCUT2D eigenvalue weighted by Gasteiger charge is -2.40. The predicted octanol–water partition coefficient (Wildman–Crippen LogP) is 5.88. The van der Waals surface area contributed by atoms with E-state index in [0.717, 1.165) is 42.7 Å². The van der Waals surface area contributed by atoms with Crippen molar-refractivity contribution >= 4 is 0 Å². The van der Waals surface area contributed by atoms with Crippen molar-refractivity contribution in [3.8, 4) is 0 Å². The van der Waals surface area contributed by atoms with Crippen LogP contribution in [0.25, 0.3) is 0 Å². The highest BCUT2D eigenvalue weighted by atomic mass is 16.5. The number of nitrogens with zero attached hydrogens (tertiary/aromatic N) is 1. The molecule has 35 heavy (non-hydrogen) atoms. The molecule has 0 aromatic heterocycles. The molecule has 0 spiro atoms. The highest BCUT2D eigenvalue weighted by Crippen LogP contribution is 2.41. The first-order valence-corrected chi connectivity index (χ1v) is 12.5. The first kappa shape index (κ1) is 23.5. The zero-order valence-corrected chi connectivity index (χ0v) is 20.0. The summed E-state index contributed by atoms with van der Waals surface area (Å²) in [5, 5.41) is 11.0. The molecule has 1 fully saturated rings. The Labute approximate surface area is 208 Å². The van der Waals surface area contributed by atoms with E-state index in [1.54, 1.807) is 0 Å². The second-order valence-electron chi connectivity index (χ2n) is 9.43. The molecule has 3 heteroatoms. The highest BCUT2D eigenvalue weighted by Gasteiger charge is 2.39. The van der Waals surface area contributed by atoms with Crippen LogP contribution in [0.15, 0.2) is 121 Å². The average molecular weight is 464 g/mol. The van der Waals surface area contributed by atoms with Crippen molar-refractivity contribution in [2.24, 2.45) is 5.92 Å². The standard InChI is InChI=1S/C32H33NO2/c34-31-21-22-33(23-26-13-5-1-6-14-26)24-27(31)25-35-32(28-15-7-2-8-16-28,29-17-9-3-10-18-29)30-19-11-4-12-20-30/h1-20,27,31,34H,21-25H2. The number of piperidine rings is 1. The summed E-state index contributed by atoms with van der Waals surface area (Å²) in [4.78, 5) is 2.44. The van der Waals surface area contributed by atoms with E-state index in [0.29, 0.717) is 6.61 Å². The zero-order chi connectivity index (χ0) is 23.9. The van der Waals surface area contributed by atoms with Crippen LogP contribution in [0, 0.1) is 5.92 Å². The second-order valence-corrected chi connectivity index (χ2v) is 9.43. The van der Waals surface area contributed by atoms with Crippen molar-refractivity contribution in [1.82, 2.24) is 4.90 Å². The SMILES string of the molecule is OC1CCN(Cc2ccccc2)CC1COC(c1ccccc1)(c1ccccc1)c1ccccc1. The molecular formula is C32H33NO2. The summed E-state index contributed by atoms with van der Waals surface area (Å²) in [6.45, 7) is 3.06. The van der Waals surface area contributed by atoms with Crippen LogP contribution in [0.3, 0.4) is 0 Å². The van der Waals surface area contributed by atoms with Gasteiger partial charge in [-0.15, -0.1) is 0 Å². The Bertz CT molecular complexity index is 1070. The van der Waals surface area contributed by atoms with Gasteiger partial charge in [-0.05, 0) is 28.7 Å². The van der Waals surface area contributed by atoms with E-state index in [2.05, 4.69) is 108 Å². The van der Waals surface area contributed by atoms with Crippen LogP contribution in [0.1, 0.15) is 28.7 Å². The van der Waals surface area contributed by atoms with Crippen LogP contribution in [0.4, 0.5) is 0 Å². The van der Waals surface area contributed by atoms with E-state index >= 15 is 0 Å². The van der Waals surface area contributed by atoms with Gasteiger partial charge in [0.25, 0.3) is 0 Å². The molecule has 2 unspecified atom stereocenters. The van der Waals surface area contributed by atoms with Crippen molar-refractivity contribution in [1.29, 1.82) is 0 Å². The maximum atomic E-state index is 11.0. The van der Waals surface area contributed by atoms with Gasteiger partial charge in [0.05, 0.1) is 12.7 Å². The largest absolute Gasteiger partial charge is 0.393 e. The predicted molar refractivity (Wildman–Crippen MR) is 141 cm³/mol. The monoisotopic (exact) mass is 463 g/mol. The van der Waals surface area contributed by atoms with Gasteiger partial charge in [0.1, 0.15) is 5.60 Å². The molecule has 0 saturated carbocycles. The fourth-order valence-corrected chi connectivity index (χ4v) is 5.24. The van der Waals surface area contributed by atoms with Crippen molar-refractivity contribution in [2.45, 2.75) is 24.7 Å². The molecular weight excluding hydrogens is 430 g/mol. The molecule has 5 rings (SSSR count). The minimum Gasteiger partial charge on any atom is -0.393 e. The van der Waals surface area contributed by atoms with Crippen LogP contribution in [-0.2, 0) is 16.9 Å². The molecule has 1 heterocycles. The smallest absolute Gasteiger partial charge is 0.143 e. The van der Waals surface area contributed by atoms with E-state index < -0.39 is 5.60 Å². The maximum Gasteiger partial charge on any atom is 0.143 e. The molecule has 4 aromatic rings. The summed E-state index contributed by atoms with van der Waals surface area (Å²) >= 11 is 0. The number of ether oxygens (including phenoxy) is 1. The minimum atomic E-state index is -0.759. The summed E-state index contributed by atoms with van der Waals surface area (Å²) < 4.78 is 7.01. The minimum absolute atomic E-state index is 0.0305. The molecule has 3 nitrogen and oxygen atoms in total. The lowest BCUT2D eigenvalue weighted by molar-refractivity contribution is -0.0642. The summed E-state index contributed by atoms with van der Waals surface area (Å²) in [6.07, 6.45) is 0.387. The summed E-state index contributed by atoms with van der Waals surface area (Å²) in [7, 11) is 0. The van der Waals surface area contributed by atoms with Crippen LogP contribution in [-0.4, -0.2) is 35.8 Å². The molecule has 0 bridgehead atoms. The third kappa shape index (κ3) is 5.23. The van der Waals surface area contributed by atoms with Crippen LogP contribution < -0.4 is 0 Å². The number of aliphatic hydroxyl groups excluding tert-OH is 1. The van der Waals surface area contributed by atoms with Crippen molar-refractivity contribution in [3.05, 3.63) is 144 Å². The molecule has 1 aliphatic rings. The Balaban J connectivity index is 1.46. The number of hydrogen-bond donors (Lipinski definition) is 1. The molecule has 1 saturated heterocycles. The number of aliphatic hydroxyl groups is 1. The summed E-state index contributed by atoms with van der Waals surface area (Å²) in [6, 6.07) is 41.9. The highest BCUT2D eigenvalue weighted by molar-refractivity contribution is 5.47. The molecule has 1 N–H and O–H groups in total. The molecule has 4 aromatic carbocycles. The van der Waals surface area contributed by atoms with Gasteiger partial charge >= 0.3 is 0 Å². The third-order valence-corrected chi connectivity index (χ3v) is 7.08. The van der Waals surface area contributed by atoms with Crippen molar-refractivity contribution in [3.63, 3.8) is 0 Å². The Morgan fingerprint density at radius 3 is 1.63 bits per heavy atom. The first-order chi connectivity index (χ1) is 17.3. The number of likely N-dealkylation sites (tertiary alicyclic amines) is 1. The number of benzene rings is 4. The van der Waals surface area contributed by atoms with Gasteiger partial charge in [-0.1, -0.05) is 121 Å². The van der Waals surface area contributed by atoms with E-state index in [9.17, 15) is 5.11 Å². The molecule has 178 valence electrons. The summed E-state index contributed by atoms with van der Waals surface area (Å²) in [5.41, 5.74) is 3.80. The number of rotatable bonds is 8. The normalized spacial score (nSPS) is 18.9. The third-order valence-electron chi connectivity index (χ3n) is 7.08. The Morgan fingerprint density at radius 2 is 1.14 bits per heavy atom. The lowest BCUT2D eigenvalue weighted by Crippen LogP contribution is -2.46. The average Bonchev–Trinajstić information content (AvgIpc) is 2.93. The first-order valence-electron chi connectivity index (χ1n) is 12.5. The fraction of sp³-hybridized carbons (Fsp3) is 0.250. The van der Waals surface area contributed by atoms with Crippen LogP contribution >= 0.6 is 0 Å². The van der Waals surface area contributed by atoms with E-state index in [1.807, 2.05) is 18.2 Å². The second kappa shape index (κ2) is 11.0. The van der Waals surface area contributed by atoms with Crippen LogP contribution in [0.2, 0.25) is 0 Å². The van der Waals surface area contributed by atoms with E-state index in [1.165, 1.54) is 5.56 Å². The van der Waals surface area contributed by atoms with Gasteiger partial charge in [-0.3, -0.25) is 4.90 Å². The fourth-order valence-electron chi connectivity index (χ4n) is 5.24. The van der Waals surface area contributed by atoms with Gasteiger partial charge in [0, 0.05) is 25.6 Å². The van der Waals surface area contributed by atoms with Crippen LogP contribution in [0.5, 0.6) is 0 Å². The quantitative estimate of drug-likeness (QED) is 0.331. The Hall–Kier alpha value is -3.24. The molecule has 0 amide bonds. The van der Waals surface area contributed by atoms with Crippen molar-refractivity contribution in [2.75, 3.05) is 19.7 Å². The Morgan fingerprint density at radius 1 is 0.686 bits per heavy atom. The van der Waals surface area contributed by atoms with Gasteiger partial charge in [-0.25, -0.2) is 0 Å². The molecule has 0 radical (unpaired) electrons. The van der Waals surface area contributed by atoms with Crippen molar-refractivity contribution < 1.29 is 9.84 Å². The zero-order valence-electron chi connectivity index (χ0n) is 20.0. The maximum absolute atomic E-state index is 11.0. The van der Waals surface area contributed by atoms with Gasteiger partial charge in [0.2, 0.25) is 0 Å². The van der Waals surface area contributed by atoms with E-state index in [-0.39, 0.29) is 12.0 Å². The number of hydrogen-bond acceptors (Lipinski definition) is 3. The molecule has 2 atom stereocenters. The molecule has 1 aliphatic heterocycles. The van der Waals surface area contributed by atoms with Gasteiger partial charge < -0.3 is 9.84 Å². The Kier molecular flexibility index (Phi) is 7.39. The molecule has 0 aliphatic carbocycles. The van der Waals surface area contributed by atoms with Gasteiger partial charge in [-0.2, -0.15) is 0 Å². The lowest BCUT2D eigenvalue weighted by atomic mass is 9.80. The van der Waals surface area contributed by atoms with Gasteiger partial charge in [0.15, 0.2) is 0 Å². The summed E-state index contributed by atoms with van der Waals surface area (Å²) in [5.74, 6) is 0.0305.